The van der Waals surface area contributed by atoms with Crippen LogP contribution < -0.4 is 0 Å². The van der Waals surface area contributed by atoms with E-state index in [1.54, 1.807) is 41.5 Å². The van der Waals surface area contributed by atoms with E-state index in [1.807, 2.05) is 0 Å². The molecule has 0 radical (unpaired) electrons. The van der Waals surface area contributed by atoms with Crippen LogP contribution in [0.2, 0.25) is 0 Å². The molecule has 0 N–H and O–H groups in total. The third kappa shape index (κ3) is 6.69. The first-order valence-electron chi connectivity index (χ1n) is 5.84. The molecule has 19 heavy (non-hydrogen) atoms. The van der Waals surface area contributed by atoms with Gasteiger partial charge in [0.15, 0.2) is 0 Å². The number of carbonyl (C=O) groups is 4. The Kier molecular flexibility index (Phi) is 5.41. The van der Waals surface area contributed by atoms with Gasteiger partial charge in [-0.3, -0.25) is 19.2 Å². The molecule has 0 aliphatic carbocycles. The molecule has 108 valence electrons. The Hall–Kier alpha value is -1.72. The van der Waals surface area contributed by atoms with Gasteiger partial charge in [-0.1, -0.05) is 0 Å². The summed E-state index contributed by atoms with van der Waals surface area (Å²) < 4.78 is 8.93. The van der Waals surface area contributed by atoms with Crippen molar-refractivity contribution < 1.29 is 28.7 Å². The van der Waals surface area contributed by atoms with Crippen molar-refractivity contribution in [3.63, 3.8) is 0 Å². The van der Waals surface area contributed by atoms with Gasteiger partial charge in [0.2, 0.25) is 0 Å². The van der Waals surface area contributed by atoms with Crippen LogP contribution in [0.25, 0.3) is 0 Å². The third-order valence-corrected chi connectivity index (χ3v) is 1.93. The van der Waals surface area contributed by atoms with E-state index >= 15 is 0 Å². The van der Waals surface area contributed by atoms with Crippen LogP contribution in [0.4, 0.5) is 0 Å². The average Bonchev–Trinajstić information content (AvgIpc) is 2.13. The van der Waals surface area contributed by atoms with Crippen LogP contribution in [0.3, 0.4) is 0 Å². The lowest BCUT2D eigenvalue weighted by Crippen LogP contribution is -2.29. The van der Waals surface area contributed by atoms with Crippen molar-refractivity contribution in [1.29, 1.82) is 0 Å². The molecule has 0 rings (SSSR count). The van der Waals surface area contributed by atoms with Crippen LogP contribution in [0, 0.1) is 10.8 Å². The highest BCUT2D eigenvalue weighted by atomic mass is 16.6. The summed E-state index contributed by atoms with van der Waals surface area (Å²) in [6, 6.07) is 0. The topological polar surface area (TPSA) is 86.7 Å². The summed E-state index contributed by atoms with van der Waals surface area (Å²) in [5.74, 6) is -3.56. The molecule has 0 heterocycles. The summed E-state index contributed by atoms with van der Waals surface area (Å²) >= 11 is 0. The predicted molar refractivity (Wildman–Crippen MR) is 65.7 cm³/mol. The zero-order valence-electron chi connectivity index (χ0n) is 12.2. The number of esters is 4. The van der Waals surface area contributed by atoms with E-state index in [9.17, 15) is 19.2 Å². The first kappa shape index (κ1) is 17.3. The number of rotatable bonds is 2. The standard InChI is InChI=1S/C13H20O6/c1-12(2,3)10(16)18-8(14)7-9(15)19-11(17)13(4,5)6/h7H2,1-6H3. The molecule has 0 aromatic carbocycles. The second-order valence-electron chi connectivity index (χ2n) is 6.20. The van der Waals surface area contributed by atoms with E-state index in [4.69, 9.17) is 0 Å². The minimum Gasteiger partial charge on any atom is -0.392 e. The predicted octanol–water partition coefficient (Wildman–Crippen LogP) is 1.61. The first-order valence-corrected chi connectivity index (χ1v) is 5.84. The van der Waals surface area contributed by atoms with Crippen LogP contribution in [-0.4, -0.2) is 23.9 Å². The highest BCUT2D eigenvalue weighted by Gasteiger charge is 2.29. The summed E-state index contributed by atoms with van der Waals surface area (Å²) in [7, 11) is 0. The summed E-state index contributed by atoms with van der Waals surface area (Å²) in [4.78, 5) is 45.3. The molecule has 0 saturated heterocycles. The lowest BCUT2D eigenvalue weighted by Gasteiger charge is -2.16. The van der Waals surface area contributed by atoms with Crippen molar-refractivity contribution in [2.75, 3.05) is 0 Å². The summed E-state index contributed by atoms with van der Waals surface area (Å²) in [6.07, 6.45) is -0.774. The molecule has 6 nitrogen and oxygen atoms in total. The lowest BCUT2D eigenvalue weighted by atomic mass is 9.97. The third-order valence-electron chi connectivity index (χ3n) is 1.93. The molecule has 0 aliphatic rings. The highest BCUT2D eigenvalue weighted by molar-refractivity contribution is 6.00. The molecule has 0 spiro atoms. The fourth-order valence-corrected chi connectivity index (χ4v) is 0.703. The largest absolute Gasteiger partial charge is 0.392 e. The van der Waals surface area contributed by atoms with E-state index < -0.39 is 41.1 Å². The minimum atomic E-state index is -1.04. The van der Waals surface area contributed by atoms with Gasteiger partial charge in [0.1, 0.15) is 6.42 Å². The summed E-state index contributed by atoms with van der Waals surface area (Å²) in [5.41, 5.74) is -1.69. The average molecular weight is 272 g/mol. The van der Waals surface area contributed by atoms with Crippen LogP contribution in [0.1, 0.15) is 48.0 Å². The monoisotopic (exact) mass is 272 g/mol. The lowest BCUT2D eigenvalue weighted by molar-refractivity contribution is -0.171. The molecular weight excluding hydrogens is 252 g/mol. The van der Waals surface area contributed by atoms with Crippen LogP contribution in [0.15, 0.2) is 0 Å². The first-order chi connectivity index (χ1) is 8.34. The van der Waals surface area contributed by atoms with E-state index in [2.05, 4.69) is 9.47 Å². The Bertz CT molecular complexity index is 356. The van der Waals surface area contributed by atoms with Crippen molar-refractivity contribution in [1.82, 2.24) is 0 Å². The highest BCUT2D eigenvalue weighted by Crippen LogP contribution is 2.17. The Morgan fingerprint density at radius 1 is 0.684 bits per heavy atom. The van der Waals surface area contributed by atoms with Crippen molar-refractivity contribution in [3.8, 4) is 0 Å². The fourth-order valence-electron chi connectivity index (χ4n) is 0.703. The molecule has 0 amide bonds. The number of carbonyl (C=O) groups excluding carboxylic acids is 4. The van der Waals surface area contributed by atoms with Gasteiger partial charge in [-0.05, 0) is 41.5 Å². The second kappa shape index (κ2) is 5.95. The molecule has 0 saturated carbocycles. The van der Waals surface area contributed by atoms with Gasteiger partial charge in [-0.25, -0.2) is 0 Å². The van der Waals surface area contributed by atoms with Crippen molar-refractivity contribution in [2.24, 2.45) is 10.8 Å². The van der Waals surface area contributed by atoms with Crippen LogP contribution in [0.5, 0.6) is 0 Å². The van der Waals surface area contributed by atoms with E-state index in [0.717, 1.165) is 0 Å². The number of hydrogen-bond acceptors (Lipinski definition) is 6. The summed E-state index contributed by atoms with van der Waals surface area (Å²) in [5, 5.41) is 0. The molecule has 0 aromatic heterocycles. The van der Waals surface area contributed by atoms with Gasteiger partial charge in [0.05, 0.1) is 10.8 Å². The Morgan fingerprint density at radius 3 is 1.16 bits per heavy atom. The van der Waals surface area contributed by atoms with Gasteiger partial charge in [0.25, 0.3) is 0 Å². The Morgan fingerprint density at radius 2 is 0.947 bits per heavy atom. The van der Waals surface area contributed by atoms with Crippen molar-refractivity contribution in [2.45, 2.75) is 48.0 Å². The number of hydrogen-bond donors (Lipinski definition) is 0. The Labute approximate surface area is 112 Å². The Balaban J connectivity index is 4.33. The molecule has 0 aromatic rings. The molecule has 0 unspecified atom stereocenters. The zero-order valence-corrected chi connectivity index (χ0v) is 12.2. The van der Waals surface area contributed by atoms with Gasteiger partial charge in [0, 0.05) is 0 Å². The summed E-state index contributed by atoms with van der Waals surface area (Å²) in [6.45, 7) is 9.44. The molecule has 0 aliphatic heterocycles. The zero-order chi connectivity index (χ0) is 15.4. The van der Waals surface area contributed by atoms with Gasteiger partial charge in [-0.15, -0.1) is 0 Å². The maximum Gasteiger partial charge on any atom is 0.324 e. The second-order valence-corrected chi connectivity index (χ2v) is 6.20. The normalized spacial score (nSPS) is 11.7. The van der Waals surface area contributed by atoms with Crippen molar-refractivity contribution in [3.05, 3.63) is 0 Å². The smallest absolute Gasteiger partial charge is 0.324 e. The van der Waals surface area contributed by atoms with E-state index in [1.165, 1.54) is 0 Å². The maximum atomic E-state index is 11.4. The molecule has 0 atom stereocenters. The SMILES string of the molecule is CC(C)(C)C(=O)OC(=O)CC(=O)OC(=O)C(C)(C)C. The molecule has 0 bridgehead atoms. The maximum absolute atomic E-state index is 11.4. The van der Waals surface area contributed by atoms with Crippen molar-refractivity contribution >= 4 is 23.9 Å². The van der Waals surface area contributed by atoms with Gasteiger partial charge < -0.3 is 9.47 Å². The van der Waals surface area contributed by atoms with Crippen LogP contribution >= 0.6 is 0 Å². The van der Waals surface area contributed by atoms with Gasteiger partial charge >= 0.3 is 23.9 Å². The quantitative estimate of drug-likeness (QED) is 0.560. The minimum absolute atomic E-state index is 0.743. The van der Waals surface area contributed by atoms with E-state index in [0.29, 0.717) is 0 Å². The van der Waals surface area contributed by atoms with E-state index in [-0.39, 0.29) is 0 Å². The molecular formula is C13H20O6. The molecule has 0 fully saturated rings. The molecule has 6 heteroatoms. The van der Waals surface area contributed by atoms with Crippen LogP contribution in [-0.2, 0) is 28.7 Å². The van der Waals surface area contributed by atoms with Gasteiger partial charge in [-0.2, -0.15) is 0 Å². The number of ether oxygens (including phenoxy) is 2. The fraction of sp³-hybridized carbons (Fsp3) is 0.692.